The van der Waals surface area contributed by atoms with Crippen molar-refractivity contribution in [3.63, 3.8) is 0 Å². The van der Waals surface area contributed by atoms with Crippen LogP contribution < -0.4 is 0 Å². The zero-order valence-electron chi connectivity index (χ0n) is 5.81. The Bertz CT molecular complexity index is 116. The minimum Gasteiger partial charge on any atom is -0.291 e. The van der Waals surface area contributed by atoms with E-state index in [1.165, 1.54) is 12.1 Å². The summed E-state index contributed by atoms with van der Waals surface area (Å²) in [6.45, 7) is 6.53. The molecule has 0 spiro atoms. The van der Waals surface area contributed by atoms with Crippen LogP contribution >= 0.6 is 0 Å². The van der Waals surface area contributed by atoms with Crippen LogP contribution in [0.5, 0.6) is 0 Å². The molecule has 1 nitrogen and oxygen atoms in total. The van der Waals surface area contributed by atoms with Crippen LogP contribution in [0.1, 0.15) is 27.2 Å². The van der Waals surface area contributed by atoms with Gasteiger partial charge in [-0.25, -0.2) is 0 Å². The monoisotopic (exact) mass is 111 g/mol. The predicted molar refractivity (Wildman–Crippen MR) is 36.4 cm³/mol. The minimum absolute atomic E-state index is 0.588. The molecule has 1 heteroatoms. The first-order valence-corrected chi connectivity index (χ1v) is 3.24. The smallest absolute Gasteiger partial charge is 0.0477 e. The Hall–Kier alpha value is -0.330. The van der Waals surface area contributed by atoms with Crippen LogP contribution in [-0.2, 0) is 0 Å². The van der Waals surface area contributed by atoms with Crippen LogP contribution in [0.25, 0.3) is 0 Å². The van der Waals surface area contributed by atoms with E-state index in [0.29, 0.717) is 6.04 Å². The summed E-state index contributed by atoms with van der Waals surface area (Å²) >= 11 is 0. The molecule has 0 fully saturated rings. The summed E-state index contributed by atoms with van der Waals surface area (Å²) in [7, 11) is 0. The normalized spacial score (nSPS) is 37.6. The van der Waals surface area contributed by atoms with Crippen molar-refractivity contribution in [3.8, 4) is 0 Å². The number of rotatable bonds is 0. The van der Waals surface area contributed by atoms with E-state index in [4.69, 9.17) is 0 Å². The van der Waals surface area contributed by atoms with Gasteiger partial charge in [0.25, 0.3) is 0 Å². The Morgan fingerprint density at radius 3 is 2.25 bits per heavy atom. The van der Waals surface area contributed by atoms with Gasteiger partial charge in [-0.3, -0.25) is 4.99 Å². The Labute approximate surface area is 50.8 Å². The van der Waals surface area contributed by atoms with Crippen LogP contribution in [0.4, 0.5) is 0 Å². The van der Waals surface area contributed by atoms with Gasteiger partial charge in [0.1, 0.15) is 0 Å². The molecule has 2 unspecified atom stereocenters. The second kappa shape index (κ2) is 1.88. The van der Waals surface area contributed by atoms with E-state index >= 15 is 0 Å². The summed E-state index contributed by atoms with van der Waals surface area (Å²) in [4.78, 5) is 4.39. The van der Waals surface area contributed by atoms with E-state index < -0.39 is 0 Å². The lowest BCUT2D eigenvalue weighted by Gasteiger charge is -1.98. The van der Waals surface area contributed by atoms with Crippen LogP contribution in [0.3, 0.4) is 0 Å². The van der Waals surface area contributed by atoms with Crippen molar-refractivity contribution in [2.45, 2.75) is 33.2 Å². The molecule has 1 aliphatic rings. The summed E-state index contributed by atoms with van der Waals surface area (Å²) < 4.78 is 0. The topological polar surface area (TPSA) is 12.4 Å². The molecule has 0 bridgehead atoms. The maximum absolute atomic E-state index is 4.39. The Morgan fingerprint density at radius 2 is 2.12 bits per heavy atom. The molecular weight excluding hydrogens is 98.1 g/mol. The summed E-state index contributed by atoms with van der Waals surface area (Å²) in [6, 6.07) is 0.588. The molecule has 8 heavy (non-hydrogen) atoms. The summed E-state index contributed by atoms with van der Waals surface area (Å²) in [6.07, 6.45) is 1.26. The number of hydrogen-bond acceptors (Lipinski definition) is 1. The highest BCUT2D eigenvalue weighted by atomic mass is 14.8. The van der Waals surface area contributed by atoms with Crippen molar-refractivity contribution in [2.24, 2.45) is 10.9 Å². The number of nitrogens with zero attached hydrogens (tertiary/aromatic N) is 1. The first-order chi connectivity index (χ1) is 3.70. The SMILES string of the molecule is CC1=NC(C)CC1C. The molecule has 0 saturated heterocycles. The lowest BCUT2D eigenvalue weighted by molar-refractivity contribution is 0.641. The third kappa shape index (κ3) is 0.908. The Balaban J connectivity index is 2.59. The van der Waals surface area contributed by atoms with Gasteiger partial charge in [0.2, 0.25) is 0 Å². The molecule has 0 radical (unpaired) electrons. The van der Waals surface area contributed by atoms with Crippen LogP contribution in [0, 0.1) is 5.92 Å². The average molecular weight is 111 g/mol. The molecule has 1 rings (SSSR count). The lowest BCUT2D eigenvalue weighted by atomic mass is 10.0. The molecule has 0 aliphatic carbocycles. The van der Waals surface area contributed by atoms with Crippen LogP contribution in [-0.4, -0.2) is 11.8 Å². The minimum atomic E-state index is 0.588. The van der Waals surface area contributed by atoms with Gasteiger partial charge in [-0.15, -0.1) is 0 Å². The molecule has 0 N–H and O–H groups in total. The number of hydrogen-bond donors (Lipinski definition) is 0. The Kier molecular flexibility index (Phi) is 1.37. The molecular formula is C7H13N. The molecule has 0 aromatic heterocycles. The van der Waals surface area contributed by atoms with Gasteiger partial charge in [0.05, 0.1) is 0 Å². The van der Waals surface area contributed by atoms with Gasteiger partial charge < -0.3 is 0 Å². The van der Waals surface area contributed by atoms with E-state index in [2.05, 4.69) is 25.8 Å². The van der Waals surface area contributed by atoms with E-state index in [-0.39, 0.29) is 0 Å². The van der Waals surface area contributed by atoms with Crippen molar-refractivity contribution < 1.29 is 0 Å². The fourth-order valence-corrected chi connectivity index (χ4v) is 1.21. The first kappa shape index (κ1) is 5.80. The van der Waals surface area contributed by atoms with Gasteiger partial charge in [0, 0.05) is 11.8 Å². The zero-order valence-corrected chi connectivity index (χ0v) is 5.81. The fraction of sp³-hybridized carbons (Fsp3) is 0.857. The first-order valence-electron chi connectivity index (χ1n) is 3.24. The van der Waals surface area contributed by atoms with Crippen molar-refractivity contribution >= 4 is 5.71 Å². The molecule has 0 amide bonds. The van der Waals surface area contributed by atoms with Gasteiger partial charge in [-0.2, -0.15) is 0 Å². The lowest BCUT2D eigenvalue weighted by Crippen LogP contribution is -1.99. The highest BCUT2D eigenvalue weighted by Crippen LogP contribution is 2.18. The van der Waals surface area contributed by atoms with Gasteiger partial charge in [0.15, 0.2) is 0 Å². The predicted octanol–water partition coefficient (Wildman–Crippen LogP) is 1.88. The molecule has 0 saturated carbocycles. The second-order valence-corrected chi connectivity index (χ2v) is 2.76. The summed E-state index contributed by atoms with van der Waals surface area (Å²) in [5.41, 5.74) is 1.33. The molecule has 1 heterocycles. The average Bonchev–Trinajstić information content (AvgIpc) is 1.85. The second-order valence-electron chi connectivity index (χ2n) is 2.76. The summed E-state index contributed by atoms with van der Waals surface area (Å²) in [5, 5.41) is 0. The quantitative estimate of drug-likeness (QED) is 0.452. The zero-order chi connectivity index (χ0) is 6.15. The van der Waals surface area contributed by atoms with Crippen molar-refractivity contribution in [1.82, 2.24) is 0 Å². The maximum Gasteiger partial charge on any atom is 0.0477 e. The van der Waals surface area contributed by atoms with Gasteiger partial charge in [-0.05, 0) is 26.2 Å². The van der Waals surface area contributed by atoms with E-state index in [0.717, 1.165) is 5.92 Å². The van der Waals surface area contributed by atoms with E-state index in [1.807, 2.05) is 0 Å². The van der Waals surface area contributed by atoms with E-state index in [9.17, 15) is 0 Å². The van der Waals surface area contributed by atoms with Gasteiger partial charge >= 0.3 is 0 Å². The van der Waals surface area contributed by atoms with Gasteiger partial charge in [-0.1, -0.05) is 6.92 Å². The highest BCUT2D eigenvalue weighted by molar-refractivity contribution is 5.85. The van der Waals surface area contributed by atoms with E-state index in [1.54, 1.807) is 0 Å². The fourth-order valence-electron chi connectivity index (χ4n) is 1.21. The standard InChI is InChI=1S/C7H13N/c1-5-4-6(2)8-7(5)3/h5-6H,4H2,1-3H3. The van der Waals surface area contributed by atoms with Crippen LogP contribution in [0.2, 0.25) is 0 Å². The third-order valence-electron chi connectivity index (χ3n) is 1.83. The largest absolute Gasteiger partial charge is 0.291 e. The van der Waals surface area contributed by atoms with Crippen LogP contribution in [0.15, 0.2) is 4.99 Å². The molecule has 0 aromatic carbocycles. The molecule has 2 atom stereocenters. The van der Waals surface area contributed by atoms with Crippen molar-refractivity contribution in [1.29, 1.82) is 0 Å². The maximum atomic E-state index is 4.39. The summed E-state index contributed by atoms with van der Waals surface area (Å²) in [5.74, 6) is 0.741. The Morgan fingerprint density at radius 1 is 1.50 bits per heavy atom. The van der Waals surface area contributed by atoms with Crippen molar-refractivity contribution in [2.75, 3.05) is 0 Å². The highest BCUT2D eigenvalue weighted by Gasteiger charge is 2.16. The van der Waals surface area contributed by atoms with Crippen molar-refractivity contribution in [3.05, 3.63) is 0 Å². The molecule has 1 aliphatic heterocycles. The number of aliphatic imine (C=N–C) groups is 1. The third-order valence-corrected chi connectivity index (χ3v) is 1.83. The molecule has 46 valence electrons. The molecule has 0 aromatic rings.